The first-order valence-corrected chi connectivity index (χ1v) is 7.45. The van der Waals surface area contributed by atoms with Crippen LogP contribution in [0.2, 0.25) is 0 Å². The maximum atomic E-state index is 14.0. The minimum Gasteiger partial charge on any atom is -0.336 e. The fourth-order valence-electron chi connectivity index (χ4n) is 2.41. The lowest BCUT2D eigenvalue weighted by Crippen LogP contribution is -2.05. The predicted molar refractivity (Wildman–Crippen MR) is 86.3 cm³/mol. The number of rotatable bonds is 4. The lowest BCUT2D eigenvalue weighted by Gasteiger charge is -2.11. The lowest BCUT2D eigenvalue weighted by atomic mass is 10.1. The fraction of sp³-hybridized carbons (Fsp3) is 0.0588. The van der Waals surface area contributed by atoms with Crippen molar-refractivity contribution in [2.75, 3.05) is 5.32 Å². The molecule has 0 atom stereocenters. The van der Waals surface area contributed by atoms with Crippen LogP contribution in [0.5, 0.6) is 0 Å². The van der Waals surface area contributed by atoms with Gasteiger partial charge in [0.15, 0.2) is 5.82 Å². The number of aromatic nitrogens is 4. The first-order valence-electron chi connectivity index (χ1n) is 7.45. The third-order valence-electron chi connectivity index (χ3n) is 3.63. The summed E-state index contributed by atoms with van der Waals surface area (Å²) in [4.78, 5) is 8.58. The summed E-state index contributed by atoms with van der Waals surface area (Å²) in [6, 6.07) is 12.5. The van der Waals surface area contributed by atoms with Crippen LogP contribution in [0, 0.1) is 11.6 Å². The number of halogens is 2. The molecule has 0 amide bonds. The van der Waals surface area contributed by atoms with Gasteiger partial charge in [-0.05, 0) is 34.1 Å². The van der Waals surface area contributed by atoms with Gasteiger partial charge in [-0.3, -0.25) is 0 Å². The topological polar surface area (TPSA) is 76.7 Å². The Morgan fingerprint density at radius 2 is 1.52 bits per heavy atom. The number of benzene rings is 2. The molecule has 0 aliphatic rings. The number of para-hydroxylation sites is 1. The molecule has 0 saturated carbocycles. The van der Waals surface area contributed by atoms with Crippen LogP contribution in [0.4, 0.5) is 20.3 Å². The summed E-state index contributed by atoms with van der Waals surface area (Å²) in [5.74, 6) is -0.546. The van der Waals surface area contributed by atoms with Crippen LogP contribution in [0.1, 0.15) is 11.3 Å². The van der Waals surface area contributed by atoms with E-state index in [1.807, 2.05) is 0 Å². The molecule has 0 saturated heterocycles. The van der Waals surface area contributed by atoms with Gasteiger partial charge in [-0.25, -0.2) is 23.4 Å². The Labute approximate surface area is 140 Å². The van der Waals surface area contributed by atoms with Gasteiger partial charge in [0.1, 0.15) is 11.6 Å². The van der Waals surface area contributed by atoms with Crippen LogP contribution in [0.25, 0.3) is 11.3 Å². The highest BCUT2D eigenvalue weighted by Crippen LogP contribution is 2.24. The molecule has 0 aliphatic heterocycles. The van der Waals surface area contributed by atoms with E-state index >= 15 is 0 Å². The number of fused-ring (bicyclic) bond motifs is 1. The summed E-state index contributed by atoms with van der Waals surface area (Å²) in [6.07, 6.45) is 0.152. The maximum absolute atomic E-state index is 14.0. The van der Waals surface area contributed by atoms with E-state index in [9.17, 15) is 8.78 Å². The molecule has 8 heteroatoms. The number of hydrogen-bond donors (Lipinski definition) is 1. The Morgan fingerprint density at radius 3 is 2.28 bits per heavy atom. The van der Waals surface area contributed by atoms with E-state index in [4.69, 9.17) is 0 Å². The van der Waals surface area contributed by atoms with Crippen molar-refractivity contribution in [2.24, 2.45) is 0 Å². The van der Waals surface area contributed by atoms with Crippen LogP contribution < -0.4 is 5.32 Å². The second-order valence-corrected chi connectivity index (χ2v) is 5.30. The average Bonchev–Trinajstić information content (AvgIpc) is 3.06. The SMILES string of the molecule is Fc1ccccc1Cc1nc2nonc2nc1Nc1ccccc1F. The van der Waals surface area contributed by atoms with E-state index in [2.05, 4.69) is 30.2 Å². The zero-order valence-corrected chi connectivity index (χ0v) is 12.8. The second-order valence-electron chi connectivity index (χ2n) is 5.30. The van der Waals surface area contributed by atoms with Gasteiger partial charge in [0.2, 0.25) is 11.3 Å². The molecule has 124 valence electrons. The number of anilines is 2. The summed E-state index contributed by atoms with van der Waals surface area (Å²) < 4.78 is 32.5. The minimum atomic E-state index is -0.445. The van der Waals surface area contributed by atoms with Crippen molar-refractivity contribution >= 4 is 22.8 Å². The highest BCUT2D eigenvalue weighted by atomic mass is 19.1. The van der Waals surface area contributed by atoms with Crippen molar-refractivity contribution in [1.82, 2.24) is 20.3 Å². The lowest BCUT2D eigenvalue weighted by molar-refractivity contribution is 0.314. The third kappa shape index (κ3) is 3.01. The number of nitrogens with one attached hydrogen (secondary N) is 1. The molecule has 1 N–H and O–H groups in total. The summed E-state index contributed by atoms with van der Waals surface area (Å²) in [6.45, 7) is 0. The molecule has 2 aromatic heterocycles. The molecule has 0 aliphatic carbocycles. The van der Waals surface area contributed by atoms with E-state index in [-0.39, 0.29) is 35.0 Å². The molecule has 0 spiro atoms. The standard InChI is InChI=1S/C17H11F2N5O/c18-11-6-2-1-5-10(11)9-14-15(20-13-8-4-3-7-12(13)19)22-17-16(21-14)23-25-24-17/h1-8H,9H2,(H,20,22,24). The summed E-state index contributed by atoms with van der Waals surface area (Å²) >= 11 is 0. The molecule has 0 radical (unpaired) electrons. The van der Waals surface area contributed by atoms with Gasteiger partial charge < -0.3 is 5.32 Å². The molecule has 2 heterocycles. The maximum Gasteiger partial charge on any atom is 0.245 e. The summed E-state index contributed by atoms with van der Waals surface area (Å²) in [5, 5.41) is 10.2. The smallest absolute Gasteiger partial charge is 0.245 e. The van der Waals surface area contributed by atoms with Crippen molar-refractivity contribution in [2.45, 2.75) is 6.42 Å². The van der Waals surface area contributed by atoms with Crippen molar-refractivity contribution < 1.29 is 13.4 Å². The predicted octanol–water partition coefficient (Wildman–Crippen LogP) is 3.63. The zero-order chi connectivity index (χ0) is 17.2. The van der Waals surface area contributed by atoms with Crippen LogP contribution >= 0.6 is 0 Å². The van der Waals surface area contributed by atoms with Crippen LogP contribution in [0.3, 0.4) is 0 Å². The highest BCUT2D eigenvalue weighted by molar-refractivity contribution is 5.69. The number of hydrogen-bond acceptors (Lipinski definition) is 6. The minimum absolute atomic E-state index is 0.152. The van der Waals surface area contributed by atoms with E-state index in [0.29, 0.717) is 11.3 Å². The van der Waals surface area contributed by atoms with Gasteiger partial charge in [0.05, 0.1) is 11.4 Å². The molecule has 0 unspecified atom stereocenters. The quantitative estimate of drug-likeness (QED) is 0.612. The van der Waals surface area contributed by atoms with Gasteiger partial charge in [-0.1, -0.05) is 30.3 Å². The van der Waals surface area contributed by atoms with Crippen molar-refractivity contribution in [3.8, 4) is 0 Å². The van der Waals surface area contributed by atoms with Gasteiger partial charge >= 0.3 is 0 Å². The Bertz CT molecular complexity index is 969. The molecule has 2 aromatic carbocycles. The van der Waals surface area contributed by atoms with Gasteiger partial charge in [-0.15, -0.1) is 0 Å². The van der Waals surface area contributed by atoms with E-state index < -0.39 is 5.82 Å². The molecule has 0 bridgehead atoms. The Balaban J connectivity index is 1.78. The first kappa shape index (κ1) is 15.1. The third-order valence-corrected chi connectivity index (χ3v) is 3.63. The van der Waals surface area contributed by atoms with E-state index in [0.717, 1.165) is 0 Å². The zero-order valence-electron chi connectivity index (χ0n) is 12.8. The van der Waals surface area contributed by atoms with E-state index in [1.54, 1.807) is 36.4 Å². The van der Waals surface area contributed by atoms with Crippen LogP contribution in [-0.4, -0.2) is 20.3 Å². The van der Waals surface area contributed by atoms with Crippen molar-refractivity contribution in [1.29, 1.82) is 0 Å². The molecule has 4 rings (SSSR count). The van der Waals surface area contributed by atoms with Gasteiger partial charge in [-0.2, -0.15) is 0 Å². The molecule has 6 nitrogen and oxygen atoms in total. The molecule has 4 aromatic rings. The largest absolute Gasteiger partial charge is 0.336 e. The first-order chi connectivity index (χ1) is 12.2. The number of nitrogens with zero attached hydrogens (tertiary/aromatic N) is 4. The molecule has 25 heavy (non-hydrogen) atoms. The van der Waals surface area contributed by atoms with E-state index in [1.165, 1.54) is 12.1 Å². The van der Waals surface area contributed by atoms with Crippen molar-refractivity contribution in [3.05, 3.63) is 71.4 Å². The Kier molecular flexibility index (Phi) is 3.77. The summed E-state index contributed by atoms with van der Waals surface area (Å²) in [5.41, 5.74) is 1.43. The van der Waals surface area contributed by atoms with Gasteiger partial charge in [0, 0.05) is 6.42 Å². The molecule has 0 fully saturated rings. The fourth-order valence-corrected chi connectivity index (χ4v) is 2.41. The van der Waals surface area contributed by atoms with Crippen LogP contribution in [0.15, 0.2) is 53.2 Å². The Morgan fingerprint density at radius 1 is 0.840 bits per heavy atom. The van der Waals surface area contributed by atoms with Crippen molar-refractivity contribution in [3.63, 3.8) is 0 Å². The molecular formula is C17H11F2N5O. The normalized spacial score (nSPS) is 11.0. The average molecular weight is 339 g/mol. The monoisotopic (exact) mass is 339 g/mol. The Hall–Kier alpha value is -3.42. The summed E-state index contributed by atoms with van der Waals surface area (Å²) in [7, 11) is 0. The van der Waals surface area contributed by atoms with Gasteiger partial charge in [0.25, 0.3) is 0 Å². The molecular weight excluding hydrogens is 328 g/mol. The van der Waals surface area contributed by atoms with Crippen LogP contribution in [-0.2, 0) is 6.42 Å². The second kappa shape index (κ2) is 6.23. The highest BCUT2D eigenvalue weighted by Gasteiger charge is 2.16.